The van der Waals surface area contributed by atoms with E-state index in [4.69, 9.17) is 4.74 Å². The van der Waals surface area contributed by atoms with Gasteiger partial charge in [0.25, 0.3) is 5.91 Å². The number of hydrogen-bond donors (Lipinski definition) is 1. The molecule has 2 aliphatic carbocycles. The molecule has 6 heteroatoms. The van der Waals surface area contributed by atoms with Crippen molar-refractivity contribution in [1.82, 2.24) is 15.3 Å². The summed E-state index contributed by atoms with van der Waals surface area (Å²) in [6.45, 7) is 8.11. The highest BCUT2D eigenvalue weighted by atomic mass is 16.6. The van der Waals surface area contributed by atoms with Gasteiger partial charge in [0, 0.05) is 16.8 Å². The van der Waals surface area contributed by atoms with Crippen LogP contribution < -0.4 is 5.32 Å². The number of nitrogens with one attached hydrogen (secondary N) is 1. The molecule has 1 N–H and O–H groups in total. The van der Waals surface area contributed by atoms with Gasteiger partial charge in [0.1, 0.15) is 5.82 Å². The molecule has 2 heterocycles. The number of carbonyl (C=O) groups is 2. The van der Waals surface area contributed by atoms with Crippen molar-refractivity contribution in [2.24, 2.45) is 10.8 Å². The molecule has 4 rings (SSSR count). The molecule has 2 atom stereocenters. The fraction of sp³-hybridized carbons (Fsp3) is 0.700. The Morgan fingerprint density at radius 2 is 1.88 bits per heavy atom. The molecular formula is C20H27N3O3. The van der Waals surface area contributed by atoms with Gasteiger partial charge in [-0.2, -0.15) is 0 Å². The van der Waals surface area contributed by atoms with Crippen LogP contribution in [0.1, 0.15) is 69.2 Å². The fourth-order valence-corrected chi connectivity index (χ4v) is 4.97. The molecule has 0 aromatic carbocycles. The number of hydrogen-bond acceptors (Lipinski definition) is 5. The average Bonchev–Trinajstić information content (AvgIpc) is 2.90. The monoisotopic (exact) mass is 357 g/mol. The summed E-state index contributed by atoms with van der Waals surface area (Å²) in [6, 6.07) is 0. The summed E-state index contributed by atoms with van der Waals surface area (Å²) >= 11 is 0. The highest BCUT2D eigenvalue weighted by Crippen LogP contribution is 2.65. The summed E-state index contributed by atoms with van der Waals surface area (Å²) in [5.74, 6) is 0.150. The van der Waals surface area contributed by atoms with E-state index in [1.807, 2.05) is 27.7 Å². The van der Waals surface area contributed by atoms with Gasteiger partial charge in [-0.15, -0.1) is 0 Å². The van der Waals surface area contributed by atoms with Crippen molar-refractivity contribution in [2.45, 2.75) is 78.4 Å². The smallest absolute Gasteiger partial charge is 0.313 e. The van der Waals surface area contributed by atoms with Crippen molar-refractivity contribution < 1.29 is 14.3 Å². The first-order valence-corrected chi connectivity index (χ1v) is 9.58. The Balaban J connectivity index is 1.53. The maximum atomic E-state index is 13.0. The molecule has 2 bridgehead atoms. The van der Waals surface area contributed by atoms with Crippen LogP contribution in [0.25, 0.3) is 0 Å². The Morgan fingerprint density at radius 3 is 2.54 bits per heavy atom. The first kappa shape index (κ1) is 17.4. The molecule has 1 saturated carbocycles. The van der Waals surface area contributed by atoms with Crippen LogP contribution in [0.4, 0.5) is 0 Å². The van der Waals surface area contributed by atoms with E-state index in [0.29, 0.717) is 18.7 Å². The highest BCUT2D eigenvalue weighted by Gasteiger charge is 2.75. The number of aromatic nitrogens is 2. The number of nitrogens with zero attached hydrogens (tertiary/aromatic N) is 2. The number of aryl methyl sites for hydroxylation is 2. The zero-order chi connectivity index (χ0) is 18.7. The van der Waals surface area contributed by atoms with E-state index in [1.54, 1.807) is 0 Å². The molecule has 6 nitrogen and oxygen atoms in total. The van der Waals surface area contributed by atoms with Crippen LogP contribution in [-0.2, 0) is 33.7 Å². The molecular weight excluding hydrogens is 330 g/mol. The molecule has 0 radical (unpaired) electrons. The van der Waals surface area contributed by atoms with E-state index >= 15 is 0 Å². The second-order valence-electron chi connectivity index (χ2n) is 8.71. The third-order valence-corrected chi connectivity index (χ3v) is 7.29. The minimum atomic E-state index is -1.08. The molecule has 1 amide bonds. The van der Waals surface area contributed by atoms with Gasteiger partial charge < -0.3 is 10.1 Å². The quantitative estimate of drug-likeness (QED) is 0.840. The topological polar surface area (TPSA) is 81.2 Å². The number of amides is 1. The van der Waals surface area contributed by atoms with E-state index < -0.39 is 16.4 Å². The van der Waals surface area contributed by atoms with Crippen molar-refractivity contribution in [3.63, 3.8) is 0 Å². The van der Waals surface area contributed by atoms with Crippen LogP contribution in [-0.4, -0.2) is 27.4 Å². The van der Waals surface area contributed by atoms with E-state index in [0.717, 1.165) is 30.7 Å². The van der Waals surface area contributed by atoms with Crippen LogP contribution in [0.15, 0.2) is 0 Å². The predicted octanol–water partition coefficient (Wildman–Crippen LogP) is 2.40. The van der Waals surface area contributed by atoms with Gasteiger partial charge in [-0.1, -0.05) is 13.8 Å². The van der Waals surface area contributed by atoms with Gasteiger partial charge in [-0.3, -0.25) is 9.59 Å². The first-order chi connectivity index (χ1) is 12.2. The van der Waals surface area contributed by atoms with Crippen molar-refractivity contribution in [3.8, 4) is 0 Å². The lowest BCUT2D eigenvalue weighted by molar-refractivity contribution is -0.168. The third kappa shape index (κ3) is 2.10. The molecule has 2 fully saturated rings. The minimum Gasteiger partial charge on any atom is -0.448 e. The summed E-state index contributed by atoms with van der Waals surface area (Å²) < 4.78 is 5.64. The first-order valence-electron chi connectivity index (χ1n) is 9.58. The summed E-state index contributed by atoms with van der Waals surface area (Å²) in [5.41, 5.74) is 1.19. The maximum Gasteiger partial charge on any atom is 0.313 e. The van der Waals surface area contributed by atoms with Gasteiger partial charge in [-0.05, 0) is 57.9 Å². The lowest BCUT2D eigenvalue weighted by atomic mass is 9.66. The van der Waals surface area contributed by atoms with Crippen LogP contribution in [0.5, 0.6) is 0 Å². The fourth-order valence-electron chi connectivity index (χ4n) is 4.97. The SMILES string of the molecule is Cc1nc(CNC(=O)[C@@]23CC[C@@](C)(C(=O)O2)C3(C)C)nc2c1CCCC2. The molecule has 0 unspecified atom stereocenters. The second kappa shape index (κ2) is 5.51. The van der Waals surface area contributed by atoms with Crippen LogP contribution >= 0.6 is 0 Å². The van der Waals surface area contributed by atoms with E-state index in [9.17, 15) is 9.59 Å². The van der Waals surface area contributed by atoms with Crippen molar-refractivity contribution >= 4 is 11.9 Å². The number of fused-ring (bicyclic) bond motifs is 3. The Morgan fingerprint density at radius 1 is 1.15 bits per heavy atom. The van der Waals surface area contributed by atoms with E-state index in [2.05, 4.69) is 15.3 Å². The summed E-state index contributed by atoms with van der Waals surface area (Å²) in [6.07, 6.45) is 5.61. The van der Waals surface area contributed by atoms with Crippen molar-refractivity contribution in [3.05, 3.63) is 22.8 Å². The van der Waals surface area contributed by atoms with E-state index in [-0.39, 0.29) is 18.4 Å². The van der Waals surface area contributed by atoms with Gasteiger partial charge in [0.15, 0.2) is 5.60 Å². The van der Waals surface area contributed by atoms with Crippen molar-refractivity contribution in [1.29, 1.82) is 0 Å². The second-order valence-corrected chi connectivity index (χ2v) is 8.71. The maximum absolute atomic E-state index is 13.0. The van der Waals surface area contributed by atoms with Crippen molar-refractivity contribution in [2.75, 3.05) is 0 Å². The molecule has 140 valence electrons. The minimum absolute atomic E-state index is 0.226. The summed E-state index contributed by atoms with van der Waals surface area (Å²) in [5, 5.41) is 2.95. The van der Waals surface area contributed by atoms with Gasteiger partial charge in [-0.25, -0.2) is 9.97 Å². The highest BCUT2D eigenvalue weighted by molar-refractivity contribution is 5.96. The van der Waals surface area contributed by atoms with E-state index in [1.165, 1.54) is 12.0 Å². The number of rotatable bonds is 3. The average molecular weight is 357 g/mol. The lowest BCUT2D eigenvalue weighted by Crippen LogP contribution is -2.53. The standard InChI is InChI=1S/C20H27N3O3/c1-12-13-7-5-6-8-14(13)23-15(22-12)11-21-16(24)20-10-9-19(4,17(25)26-20)18(20,2)3/h5-11H2,1-4H3,(H,21,24)/t19-,20+/m0/s1. The zero-order valence-electron chi connectivity index (χ0n) is 16.1. The van der Waals surface area contributed by atoms with Crippen LogP contribution in [0, 0.1) is 17.8 Å². The molecule has 1 aliphatic heterocycles. The predicted molar refractivity (Wildman–Crippen MR) is 95.2 cm³/mol. The van der Waals surface area contributed by atoms with Crippen LogP contribution in [0.3, 0.4) is 0 Å². The number of ether oxygens (including phenoxy) is 1. The zero-order valence-corrected chi connectivity index (χ0v) is 16.1. The number of carbonyl (C=O) groups excluding carboxylic acids is 2. The summed E-state index contributed by atoms with van der Waals surface area (Å²) in [7, 11) is 0. The molecule has 26 heavy (non-hydrogen) atoms. The molecule has 3 aliphatic rings. The molecule has 1 saturated heterocycles. The molecule has 1 aromatic heterocycles. The Hall–Kier alpha value is -1.98. The molecule has 1 aromatic rings. The normalized spacial score (nSPS) is 31.5. The Labute approximate surface area is 154 Å². The summed E-state index contributed by atoms with van der Waals surface area (Å²) in [4.78, 5) is 34.6. The third-order valence-electron chi connectivity index (χ3n) is 7.29. The Bertz CT molecular complexity index is 804. The molecule has 0 spiro atoms. The number of esters is 1. The van der Waals surface area contributed by atoms with Gasteiger partial charge in [0.2, 0.25) is 0 Å². The largest absolute Gasteiger partial charge is 0.448 e. The van der Waals surface area contributed by atoms with Crippen LogP contribution in [0.2, 0.25) is 0 Å². The lowest BCUT2D eigenvalue weighted by Gasteiger charge is -2.35. The Kier molecular flexibility index (Phi) is 3.69. The van der Waals surface area contributed by atoms with Gasteiger partial charge >= 0.3 is 5.97 Å². The van der Waals surface area contributed by atoms with Gasteiger partial charge in [0.05, 0.1) is 12.0 Å².